The third-order valence-electron chi connectivity index (χ3n) is 2.52. The molecule has 0 bridgehead atoms. The van der Waals surface area contributed by atoms with E-state index in [1.165, 1.54) is 17.6 Å². The Morgan fingerprint density at radius 3 is 3.06 bits per heavy atom. The summed E-state index contributed by atoms with van der Waals surface area (Å²) in [4.78, 5) is 16.2. The molecule has 0 aliphatic carbocycles. The van der Waals surface area contributed by atoms with Gasteiger partial charge in [0.15, 0.2) is 5.13 Å². The quantitative estimate of drug-likeness (QED) is 0.890. The minimum atomic E-state index is -0.203. The largest absolute Gasteiger partial charge is 0.469 e. The highest BCUT2D eigenvalue weighted by molar-refractivity contribution is 7.14. The van der Waals surface area contributed by atoms with Crippen molar-refractivity contribution >= 4 is 22.4 Å². The van der Waals surface area contributed by atoms with Crippen LogP contribution in [0.4, 0.5) is 5.13 Å². The zero-order chi connectivity index (χ0) is 13.1. The Morgan fingerprint density at radius 1 is 1.67 bits per heavy atom. The van der Waals surface area contributed by atoms with E-state index in [0.29, 0.717) is 22.9 Å². The van der Waals surface area contributed by atoms with Crippen molar-refractivity contribution in [1.82, 2.24) is 4.98 Å². The number of amides is 1. The van der Waals surface area contributed by atoms with Gasteiger partial charge in [-0.25, -0.2) is 4.98 Å². The number of nitrogens with one attached hydrogen (secondary N) is 1. The zero-order valence-corrected chi connectivity index (χ0v) is 11.1. The fourth-order valence-electron chi connectivity index (χ4n) is 1.53. The lowest BCUT2D eigenvalue weighted by atomic mass is 10.2. The van der Waals surface area contributed by atoms with Gasteiger partial charge in [-0.15, -0.1) is 11.3 Å². The fraction of sp³-hybridized carbons (Fsp3) is 0.333. The Labute approximate surface area is 109 Å². The molecule has 18 heavy (non-hydrogen) atoms. The molecule has 1 unspecified atom stereocenters. The van der Waals surface area contributed by atoms with E-state index in [2.05, 4.69) is 10.3 Å². The van der Waals surface area contributed by atoms with Gasteiger partial charge in [-0.2, -0.15) is 0 Å². The number of hydrogen-bond acceptors (Lipinski definition) is 5. The van der Waals surface area contributed by atoms with Crippen molar-refractivity contribution in [1.29, 1.82) is 0 Å². The van der Waals surface area contributed by atoms with Crippen LogP contribution in [0.1, 0.15) is 41.7 Å². The highest BCUT2D eigenvalue weighted by Gasteiger charge is 2.15. The van der Waals surface area contributed by atoms with E-state index < -0.39 is 0 Å². The lowest BCUT2D eigenvalue weighted by Gasteiger charge is -2.01. The van der Waals surface area contributed by atoms with Crippen molar-refractivity contribution in [2.75, 3.05) is 5.32 Å². The maximum atomic E-state index is 12.0. The highest BCUT2D eigenvalue weighted by Crippen LogP contribution is 2.20. The monoisotopic (exact) mass is 265 g/mol. The second kappa shape index (κ2) is 5.32. The van der Waals surface area contributed by atoms with Crippen LogP contribution >= 0.6 is 11.3 Å². The Balaban J connectivity index is 2.11. The summed E-state index contributed by atoms with van der Waals surface area (Å²) in [6, 6.07) is 1.53. The number of rotatable bonds is 4. The molecule has 0 fully saturated rings. The first-order valence-electron chi connectivity index (χ1n) is 5.70. The van der Waals surface area contributed by atoms with Crippen LogP contribution in [0.5, 0.6) is 0 Å². The van der Waals surface area contributed by atoms with E-state index in [1.807, 2.05) is 19.2 Å². The molecule has 0 aromatic carbocycles. The maximum absolute atomic E-state index is 12.0. The SMILES string of the molecule is CCc1occc1C(=O)Nc1nc(C(C)N)cs1. The topological polar surface area (TPSA) is 81.2 Å². The second-order valence-corrected chi connectivity index (χ2v) is 4.79. The van der Waals surface area contributed by atoms with Crippen molar-refractivity contribution < 1.29 is 9.21 Å². The van der Waals surface area contributed by atoms with E-state index in [-0.39, 0.29) is 11.9 Å². The van der Waals surface area contributed by atoms with Crippen LogP contribution < -0.4 is 11.1 Å². The van der Waals surface area contributed by atoms with Gasteiger partial charge in [0.25, 0.3) is 5.91 Å². The molecule has 3 N–H and O–H groups in total. The summed E-state index contributed by atoms with van der Waals surface area (Å²) < 4.78 is 5.22. The minimum Gasteiger partial charge on any atom is -0.469 e. The molecule has 2 aromatic heterocycles. The molecule has 6 heteroatoms. The van der Waals surface area contributed by atoms with Crippen LogP contribution in [0, 0.1) is 0 Å². The van der Waals surface area contributed by atoms with Gasteiger partial charge in [-0.05, 0) is 13.0 Å². The first-order valence-corrected chi connectivity index (χ1v) is 6.58. The third kappa shape index (κ3) is 2.60. The molecule has 0 spiro atoms. The summed E-state index contributed by atoms with van der Waals surface area (Å²) in [7, 11) is 0. The summed E-state index contributed by atoms with van der Waals surface area (Å²) in [5.41, 5.74) is 7.04. The van der Waals surface area contributed by atoms with Gasteiger partial charge in [-0.1, -0.05) is 6.92 Å². The molecule has 96 valence electrons. The molecule has 0 saturated heterocycles. The summed E-state index contributed by atoms with van der Waals surface area (Å²) in [5.74, 6) is 0.475. The van der Waals surface area contributed by atoms with Crippen molar-refractivity contribution in [2.45, 2.75) is 26.3 Å². The maximum Gasteiger partial charge on any atom is 0.260 e. The molecule has 2 aromatic rings. The summed E-state index contributed by atoms with van der Waals surface area (Å²) >= 11 is 1.36. The average Bonchev–Trinajstić information content (AvgIpc) is 2.96. The molecule has 2 heterocycles. The van der Waals surface area contributed by atoms with Gasteiger partial charge >= 0.3 is 0 Å². The average molecular weight is 265 g/mol. The Hall–Kier alpha value is -1.66. The van der Waals surface area contributed by atoms with Crippen LogP contribution in [0.15, 0.2) is 22.1 Å². The summed E-state index contributed by atoms with van der Waals surface area (Å²) in [6.45, 7) is 3.79. The molecule has 0 aliphatic heterocycles. The molecule has 5 nitrogen and oxygen atoms in total. The first kappa shape index (κ1) is 12.8. The molecular weight excluding hydrogens is 250 g/mol. The number of nitrogens with two attached hydrogens (primary N) is 1. The Morgan fingerprint density at radius 2 is 2.44 bits per heavy atom. The van der Waals surface area contributed by atoms with Crippen molar-refractivity contribution in [3.05, 3.63) is 34.7 Å². The van der Waals surface area contributed by atoms with Crippen molar-refractivity contribution in [2.24, 2.45) is 5.73 Å². The predicted octanol–water partition coefficient (Wildman–Crippen LogP) is 2.57. The number of carbonyl (C=O) groups excluding carboxylic acids is 1. The van der Waals surface area contributed by atoms with Crippen LogP contribution in [-0.4, -0.2) is 10.9 Å². The summed E-state index contributed by atoms with van der Waals surface area (Å²) in [6.07, 6.45) is 2.20. The normalized spacial score (nSPS) is 12.4. The van der Waals surface area contributed by atoms with E-state index >= 15 is 0 Å². The number of aromatic nitrogens is 1. The van der Waals surface area contributed by atoms with Gasteiger partial charge in [0.05, 0.1) is 17.5 Å². The van der Waals surface area contributed by atoms with Crippen LogP contribution in [-0.2, 0) is 6.42 Å². The Bertz CT molecular complexity index is 545. The van der Waals surface area contributed by atoms with Gasteiger partial charge in [0.1, 0.15) is 5.76 Å². The number of thiazole rings is 1. The number of hydrogen-bond donors (Lipinski definition) is 2. The molecular formula is C12H15N3O2S. The number of anilines is 1. The number of aryl methyl sites for hydroxylation is 1. The second-order valence-electron chi connectivity index (χ2n) is 3.93. The van der Waals surface area contributed by atoms with Crippen molar-refractivity contribution in [3.8, 4) is 0 Å². The molecule has 1 amide bonds. The van der Waals surface area contributed by atoms with Gasteiger partial charge in [0.2, 0.25) is 0 Å². The lowest BCUT2D eigenvalue weighted by molar-refractivity contribution is 0.102. The van der Waals surface area contributed by atoms with E-state index in [9.17, 15) is 4.79 Å². The van der Waals surface area contributed by atoms with E-state index in [0.717, 1.165) is 5.69 Å². The lowest BCUT2D eigenvalue weighted by Crippen LogP contribution is -2.13. The smallest absolute Gasteiger partial charge is 0.260 e. The first-order chi connectivity index (χ1) is 8.61. The van der Waals surface area contributed by atoms with Crippen LogP contribution in [0.25, 0.3) is 0 Å². The number of carbonyl (C=O) groups is 1. The minimum absolute atomic E-state index is 0.132. The van der Waals surface area contributed by atoms with Crippen LogP contribution in [0.3, 0.4) is 0 Å². The molecule has 2 rings (SSSR count). The van der Waals surface area contributed by atoms with Crippen molar-refractivity contribution in [3.63, 3.8) is 0 Å². The highest BCUT2D eigenvalue weighted by atomic mass is 32.1. The molecule has 0 radical (unpaired) electrons. The van der Waals surface area contributed by atoms with E-state index in [1.54, 1.807) is 6.07 Å². The van der Waals surface area contributed by atoms with Gasteiger partial charge < -0.3 is 10.2 Å². The summed E-state index contributed by atoms with van der Waals surface area (Å²) in [5, 5.41) is 5.14. The number of furan rings is 1. The fourth-order valence-corrected chi connectivity index (χ4v) is 2.34. The van der Waals surface area contributed by atoms with E-state index in [4.69, 9.17) is 10.2 Å². The molecule has 1 atom stereocenters. The Kier molecular flexibility index (Phi) is 3.78. The zero-order valence-electron chi connectivity index (χ0n) is 10.3. The number of nitrogens with zero attached hydrogens (tertiary/aromatic N) is 1. The molecule has 0 aliphatic rings. The predicted molar refractivity (Wildman–Crippen MR) is 70.8 cm³/mol. The standard InChI is InChI=1S/C12H15N3O2S/c1-3-10-8(4-5-17-10)11(16)15-12-14-9(6-18-12)7(2)13/h4-7H,3,13H2,1-2H3,(H,14,15,16). The third-order valence-corrected chi connectivity index (χ3v) is 3.30. The van der Waals surface area contributed by atoms with Crippen LogP contribution in [0.2, 0.25) is 0 Å². The van der Waals surface area contributed by atoms with Gasteiger partial charge in [-0.3, -0.25) is 10.1 Å². The van der Waals surface area contributed by atoms with Gasteiger partial charge in [0, 0.05) is 17.8 Å². The molecule has 0 saturated carbocycles.